The van der Waals surface area contributed by atoms with E-state index < -0.39 is 5.97 Å². The Kier molecular flexibility index (Phi) is 5.01. The Labute approximate surface area is 120 Å². The molecule has 1 aromatic carbocycles. The van der Waals surface area contributed by atoms with Crippen LogP contribution in [0.2, 0.25) is 0 Å². The first-order valence-corrected chi connectivity index (χ1v) is 7.27. The lowest BCUT2D eigenvalue weighted by molar-refractivity contribution is -0.145. The van der Waals surface area contributed by atoms with Crippen molar-refractivity contribution >= 4 is 5.97 Å². The smallest absolute Gasteiger partial charge is 0.306 e. The van der Waals surface area contributed by atoms with Crippen molar-refractivity contribution in [2.45, 2.75) is 26.8 Å². The molecule has 1 aliphatic rings. The first-order chi connectivity index (χ1) is 9.60. The molecule has 0 aliphatic carbocycles. The van der Waals surface area contributed by atoms with Crippen molar-refractivity contribution in [3.8, 4) is 5.75 Å². The minimum absolute atomic E-state index is 0.245. The zero-order valence-electron chi connectivity index (χ0n) is 12.2. The molecule has 2 rings (SSSR count). The van der Waals surface area contributed by atoms with Gasteiger partial charge in [-0.1, -0.05) is 26.0 Å². The Morgan fingerprint density at radius 2 is 2.25 bits per heavy atom. The van der Waals surface area contributed by atoms with Gasteiger partial charge in [-0.05, 0) is 30.0 Å². The molecule has 0 spiro atoms. The van der Waals surface area contributed by atoms with Crippen molar-refractivity contribution in [3.63, 3.8) is 0 Å². The molecule has 1 aromatic rings. The van der Waals surface area contributed by atoms with Crippen LogP contribution in [0.15, 0.2) is 24.3 Å². The summed E-state index contributed by atoms with van der Waals surface area (Å²) in [4.78, 5) is 13.2. The highest BCUT2D eigenvalue weighted by molar-refractivity contribution is 5.70. The molecule has 4 heteroatoms. The fourth-order valence-electron chi connectivity index (χ4n) is 2.47. The molecule has 1 heterocycles. The lowest BCUT2D eigenvalue weighted by atomic mass is 9.87. The van der Waals surface area contributed by atoms with Crippen LogP contribution in [0.3, 0.4) is 0 Å². The molecule has 0 bridgehead atoms. The predicted molar refractivity (Wildman–Crippen MR) is 77.8 cm³/mol. The van der Waals surface area contributed by atoms with Gasteiger partial charge in [-0.2, -0.15) is 0 Å². The largest absolute Gasteiger partial charge is 0.494 e. The molecule has 110 valence electrons. The quantitative estimate of drug-likeness (QED) is 0.832. The van der Waals surface area contributed by atoms with Gasteiger partial charge >= 0.3 is 5.97 Å². The van der Waals surface area contributed by atoms with Crippen LogP contribution in [0.25, 0.3) is 0 Å². The number of carboxylic acids is 1. The molecule has 1 atom stereocenters. The van der Waals surface area contributed by atoms with Gasteiger partial charge in [0.2, 0.25) is 0 Å². The van der Waals surface area contributed by atoms with Gasteiger partial charge in [-0.15, -0.1) is 0 Å². The van der Waals surface area contributed by atoms with Gasteiger partial charge < -0.3 is 9.84 Å². The highest BCUT2D eigenvalue weighted by Gasteiger charge is 2.34. The van der Waals surface area contributed by atoms with Crippen LogP contribution in [-0.4, -0.2) is 35.7 Å². The maximum Gasteiger partial charge on any atom is 0.306 e. The zero-order chi connectivity index (χ0) is 14.5. The number of likely N-dealkylation sites (tertiary alicyclic amines) is 1. The van der Waals surface area contributed by atoms with Crippen molar-refractivity contribution in [1.29, 1.82) is 0 Å². The van der Waals surface area contributed by atoms with Crippen molar-refractivity contribution in [3.05, 3.63) is 29.8 Å². The van der Waals surface area contributed by atoms with Gasteiger partial charge in [0, 0.05) is 19.6 Å². The van der Waals surface area contributed by atoms with Crippen molar-refractivity contribution < 1.29 is 14.6 Å². The van der Waals surface area contributed by atoms with E-state index in [0.29, 0.717) is 0 Å². The Morgan fingerprint density at radius 1 is 1.50 bits per heavy atom. The first kappa shape index (κ1) is 14.9. The Hall–Kier alpha value is -1.55. The third-order valence-corrected chi connectivity index (χ3v) is 3.86. The molecule has 1 unspecified atom stereocenters. The number of hydrogen-bond acceptors (Lipinski definition) is 3. The summed E-state index contributed by atoms with van der Waals surface area (Å²) in [6.45, 7) is 7.23. The summed E-state index contributed by atoms with van der Waals surface area (Å²) in [5, 5.41) is 8.98. The summed E-state index contributed by atoms with van der Waals surface area (Å²) in [6, 6.07) is 8.15. The Morgan fingerprint density at radius 3 is 2.90 bits per heavy atom. The summed E-state index contributed by atoms with van der Waals surface area (Å²) < 4.78 is 5.62. The summed E-state index contributed by atoms with van der Waals surface area (Å²) in [6.07, 6.45) is 1.01. The van der Waals surface area contributed by atoms with Gasteiger partial charge in [0.1, 0.15) is 5.75 Å². The highest BCUT2D eigenvalue weighted by atomic mass is 16.5. The predicted octanol–water partition coefficient (Wildman–Crippen LogP) is 2.63. The molecular formula is C16H23NO3. The van der Waals surface area contributed by atoms with E-state index in [1.165, 1.54) is 5.56 Å². The standard InChI is InChI=1S/C16H23NO3/c1-3-7-20-15-6-4-5-13(8-15)9-17-10-14(11-17)12(2)16(18)19/h4-6,8,12,14H,3,7,9-11H2,1-2H3,(H,18,19). The van der Waals surface area contributed by atoms with Crippen LogP contribution >= 0.6 is 0 Å². The minimum Gasteiger partial charge on any atom is -0.494 e. The second-order valence-electron chi connectivity index (χ2n) is 5.58. The molecule has 0 saturated carbocycles. The van der Waals surface area contributed by atoms with E-state index in [0.717, 1.165) is 38.4 Å². The number of ether oxygens (including phenoxy) is 1. The minimum atomic E-state index is -0.690. The highest BCUT2D eigenvalue weighted by Crippen LogP contribution is 2.26. The van der Waals surface area contributed by atoms with Crippen LogP contribution in [0, 0.1) is 11.8 Å². The average molecular weight is 277 g/mol. The Bertz CT molecular complexity index is 455. The lowest BCUT2D eigenvalue weighted by Gasteiger charge is -2.41. The number of benzene rings is 1. The molecule has 1 saturated heterocycles. The third kappa shape index (κ3) is 3.73. The monoisotopic (exact) mass is 277 g/mol. The van der Waals surface area contributed by atoms with E-state index in [2.05, 4.69) is 24.0 Å². The average Bonchev–Trinajstić information content (AvgIpc) is 2.39. The van der Waals surface area contributed by atoms with Crippen LogP contribution < -0.4 is 4.74 Å². The zero-order valence-corrected chi connectivity index (χ0v) is 12.2. The molecule has 1 aliphatic heterocycles. The molecule has 1 N–H and O–H groups in total. The molecule has 4 nitrogen and oxygen atoms in total. The number of carbonyl (C=O) groups is 1. The maximum absolute atomic E-state index is 10.9. The Balaban J connectivity index is 1.82. The molecule has 0 radical (unpaired) electrons. The van der Waals surface area contributed by atoms with Crippen molar-refractivity contribution in [2.75, 3.05) is 19.7 Å². The van der Waals surface area contributed by atoms with E-state index in [9.17, 15) is 4.79 Å². The second-order valence-corrected chi connectivity index (χ2v) is 5.58. The fourth-order valence-corrected chi connectivity index (χ4v) is 2.47. The summed E-state index contributed by atoms with van der Waals surface area (Å²) in [7, 11) is 0. The molecular weight excluding hydrogens is 254 g/mol. The molecule has 0 amide bonds. The van der Waals surface area contributed by atoms with Crippen molar-refractivity contribution in [1.82, 2.24) is 4.90 Å². The first-order valence-electron chi connectivity index (χ1n) is 7.27. The summed E-state index contributed by atoms with van der Waals surface area (Å²) in [5.74, 6) is 0.266. The SMILES string of the molecule is CCCOc1cccc(CN2CC(C(C)C(=O)O)C2)c1. The fraction of sp³-hybridized carbons (Fsp3) is 0.562. The van der Waals surface area contributed by atoms with E-state index in [1.54, 1.807) is 6.92 Å². The van der Waals surface area contributed by atoms with E-state index in [4.69, 9.17) is 9.84 Å². The van der Waals surface area contributed by atoms with Gasteiger partial charge in [0.05, 0.1) is 12.5 Å². The summed E-state index contributed by atoms with van der Waals surface area (Å²) >= 11 is 0. The third-order valence-electron chi connectivity index (χ3n) is 3.86. The molecule has 1 fully saturated rings. The topological polar surface area (TPSA) is 49.8 Å². The van der Waals surface area contributed by atoms with Gasteiger partial charge in [-0.3, -0.25) is 9.69 Å². The normalized spacial score (nSPS) is 17.5. The van der Waals surface area contributed by atoms with E-state index in [1.807, 2.05) is 12.1 Å². The van der Waals surface area contributed by atoms with E-state index in [-0.39, 0.29) is 11.8 Å². The number of hydrogen-bond donors (Lipinski definition) is 1. The maximum atomic E-state index is 10.9. The van der Waals surface area contributed by atoms with Crippen molar-refractivity contribution in [2.24, 2.45) is 11.8 Å². The second kappa shape index (κ2) is 6.75. The van der Waals surface area contributed by atoms with Gasteiger partial charge in [0.25, 0.3) is 0 Å². The molecule has 0 aromatic heterocycles. The number of rotatable bonds is 7. The molecule has 20 heavy (non-hydrogen) atoms. The lowest BCUT2D eigenvalue weighted by Crippen LogP contribution is -2.50. The number of aliphatic carboxylic acids is 1. The number of nitrogens with zero attached hydrogens (tertiary/aromatic N) is 1. The van der Waals surface area contributed by atoms with Gasteiger partial charge in [-0.25, -0.2) is 0 Å². The van der Waals surface area contributed by atoms with E-state index >= 15 is 0 Å². The van der Waals surface area contributed by atoms with Gasteiger partial charge in [0.15, 0.2) is 0 Å². The van der Waals surface area contributed by atoms with Crippen LogP contribution in [0.4, 0.5) is 0 Å². The van der Waals surface area contributed by atoms with Crippen LogP contribution in [0.5, 0.6) is 5.75 Å². The summed E-state index contributed by atoms with van der Waals surface area (Å²) in [5.41, 5.74) is 1.22. The van der Waals surface area contributed by atoms with Crippen LogP contribution in [0.1, 0.15) is 25.8 Å². The van der Waals surface area contributed by atoms with Crippen LogP contribution in [-0.2, 0) is 11.3 Å². The number of carboxylic acid groups (broad SMARTS) is 1.